The molecule has 3 rings (SSSR count). The fourth-order valence-electron chi connectivity index (χ4n) is 3.12. The maximum atomic E-state index is 12.7. The first kappa shape index (κ1) is 15.5. The van der Waals surface area contributed by atoms with Gasteiger partial charge in [-0.05, 0) is 50.8 Å². The Balaban J connectivity index is 1.84. The first-order valence-corrected chi connectivity index (χ1v) is 8.89. The number of carbonyl (C=O) groups excluding carboxylic acids is 1. The van der Waals surface area contributed by atoms with Crippen molar-refractivity contribution in [2.75, 3.05) is 11.9 Å². The van der Waals surface area contributed by atoms with Gasteiger partial charge in [-0.1, -0.05) is 19.3 Å². The summed E-state index contributed by atoms with van der Waals surface area (Å²) in [5, 5.41) is 0. The molecule has 1 aromatic carbocycles. The van der Waals surface area contributed by atoms with Crippen LogP contribution in [0.15, 0.2) is 23.1 Å². The average molecular weight is 320 g/mol. The molecule has 1 fully saturated rings. The number of benzene rings is 1. The molecule has 0 atom stereocenters. The van der Waals surface area contributed by atoms with Crippen molar-refractivity contribution in [1.82, 2.24) is 4.31 Å². The lowest BCUT2D eigenvalue weighted by molar-refractivity contribution is 0.211. The van der Waals surface area contributed by atoms with E-state index >= 15 is 0 Å². The van der Waals surface area contributed by atoms with Gasteiger partial charge in [0.2, 0.25) is 0 Å². The van der Waals surface area contributed by atoms with Gasteiger partial charge in [-0.15, -0.1) is 0 Å². The van der Waals surface area contributed by atoms with Crippen molar-refractivity contribution in [2.45, 2.75) is 63.0 Å². The van der Waals surface area contributed by atoms with Gasteiger partial charge in [0, 0.05) is 19.2 Å². The number of rotatable bonds is 3. The fraction of sp³-hybridized carbons (Fsp3) is 0.588. The highest BCUT2D eigenvalue weighted by atomic mass is 32.2. The molecule has 2 aliphatic rings. The molecule has 4 nitrogen and oxygen atoms in total. The van der Waals surface area contributed by atoms with Crippen molar-refractivity contribution >= 4 is 23.7 Å². The number of hydrogen-bond donors (Lipinski definition) is 0. The van der Waals surface area contributed by atoms with E-state index in [9.17, 15) is 4.79 Å². The summed E-state index contributed by atoms with van der Waals surface area (Å²) in [7, 11) is 1.86. The number of ether oxygens (including phenoxy) is 1. The molecule has 1 aromatic rings. The summed E-state index contributed by atoms with van der Waals surface area (Å²) < 4.78 is 7.72. The molecule has 5 heteroatoms. The van der Waals surface area contributed by atoms with Crippen molar-refractivity contribution in [3.05, 3.63) is 18.2 Å². The van der Waals surface area contributed by atoms with Crippen molar-refractivity contribution in [3.63, 3.8) is 0 Å². The lowest BCUT2D eigenvalue weighted by Gasteiger charge is -2.39. The van der Waals surface area contributed by atoms with Crippen LogP contribution in [0.1, 0.15) is 46.0 Å². The van der Waals surface area contributed by atoms with Crippen LogP contribution in [0, 0.1) is 0 Å². The number of hydrogen-bond acceptors (Lipinski definition) is 3. The first-order valence-electron chi connectivity index (χ1n) is 8.12. The summed E-state index contributed by atoms with van der Waals surface area (Å²) in [4.78, 5) is 15.6. The van der Waals surface area contributed by atoms with E-state index in [1.165, 1.54) is 19.3 Å². The fourth-order valence-corrected chi connectivity index (χ4v) is 4.31. The third-order valence-corrected chi connectivity index (χ3v) is 5.43. The Morgan fingerprint density at radius 1 is 1.23 bits per heavy atom. The Labute approximate surface area is 136 Å². The monoisotopic (exact) mass is 320 g/mol. The smallest absolute Gasteiger partial charge is 0.334 e. The number of urea groups is 1. The molecule has 0 spiro atoms. The van der Waals surface area contributed by atoms with Crippen LogP contribution in [0.25, 0.3) is 0 Å². The van der Waals surface area contributed by atoms with Crippen molar-refractivity contribution in [3.8, 4) is 5.75 Å². The molecule has 0 saturated heterocycles. The highest BCUT2D eigenvalue weighted by Crippen LogP contribution is 2.43. The van der Waals surface area contributed by atoms with E-state index in [0.29, 0.717) is 6.04 Å². The molecular formula is C17H24N2O2S. The van der Waals surface area contributed by atoms with Crippen LogP contribution in [-0.2, 0) is 0 Å². The van der Waals surface area contributed by atoms with Crippen LogP contribution in [0.4, 0.5) is 10.5 Å². The molecule has 0 radical (unpaired) electrons. The minimum Gasteiger partial charge on any atom is -0.491 e. The summed E-state index contributed by atoms with van der Waals surface area (Å²) >= 11 is 1.59. The van der Waals surface area contributed by atoms with E-state index in [4.69, 9.17) is 4.74 Å². The predicted octanol–water partition coefficient (Wildman–Crippen LogP) is 4.69. The van der Waals surface area contributed by atoms with Crippen LogP contribution in [0.2, 0.25) is 0 Å². The van der Waals surface area contributed by atoms with E-state index in [0.717, 1.165) is 29.2 Å². The molecule has 0 bridgehead atoms. The summed E-state index contributed by atoms with van der Waals surface area (Å²) in [6.07, 6.45) is 6.13. The molecule has 22 heavy (non-hydrogen) atoms. The Morgan fingerprint density at radius 3 is 2.64 bits per heavy atom. The zero-order chi connectivity index (χ0) is 15.7. The molecule has 1 saturated carbocycles. The van der Waals surface area contributed by atoms with Gasteiger partial charge >= 0.3 is 6.03 Å². The summed E-state index contributed by atoms with van der Waals surface area (Å²) in [5.41, 5.74) is 0.945. The van der Waals surface area contributed by atoms with Gasteiger partial charge in [0.1, 0.15) is 5.75 Å². The largest absolute Gasteiger partial charge is 0.491 e. The zero-order valence-electron chi connectivity index (χ0n) is 13.5. The van der Waals surface area contributed by atoms with Gasteiger partial charge in [0.25, 0.3) is 0 Å². The second-order valence-corrected chi connectivity index (χ2v) is 7.36. The number of fused-ring (bicyclic) bond motifs is 1. The van der Waals surface area contributed by atoms with Crippen LogP contribution in [0.3, 0.4) is 0 Å². The van der Waals surface area contributed by atoms with Crippen LogP contribution >= 0.6 is 11.9 Å². The Bertz CT molecular complexity index is 556. The van der Waals surface area contributed by atoms with Crippen LogP contribution in [0.5, 0.6) is 5.75 Å². The average Bonchev–Trinajstić information content (AvgIpc) is 2.51. The highest BCUT2D eigenvalue weighted by molar-refractivity contribution is 7.97. The summed E-state index contributed by atoms with van der Waals surface area (Å²) in [6.45, 7) is 4.02. The minimum absolute atomic E-state index is 0.0890. The summed E-state index contributed by atoms with van der Waals surface area (Å²) in [6, 6.07) is 6.49. The van der Waals surface area contributed by atoms with Gasteiger partial charge in [-0.2, -0.15) is 0 Å². The van der Waals surface area contributed by atoms with Gasteiger partial charge in [0.15, 0.2) is 0 Å². The Morgan fingerprint density at radius 2 is 1.95 bits per heavy atom. The van der Waals surface area contributed by atoms with Crippen molar-refractivity contribution in [2.24, 2.45) is 0 Å². The quantitative estimate of drug-likeness (QED) is 0.758. The van der Waals surface area contributed by atoms with Crippen molar-refractivity contribution in [1.29, 1.82) is 0 Å². The van der Waals surface area contributed by atoms with E-state index in [1.54, 1.807) is 16.8 Å². The normalized spacial score (nSPS) is 19.5. The number of nitrogens with zero attached hydrogens (tertiary/aromatic N) is 2. The Hall–Kier alpha value is -1.36. The third kappa shape index (κ3) is 3.05. The van der Waals surface area contributed by atoms with E-state index in [1.807, 2.05) is 37.3 Å². The number of amides is 2. The molecule has 0 N–H and O–H groups in total. The van der Waals surface area contributed by atoms with E-state index < -0.39 is 0 Å². The molecule has 1 heterocycles. The highest BCUT2D eigenvalue weighted by Gasteiger charge is 2.34. The van der Waals surface area contributed by atoms with E-state index in [-0.39, 0.29) is 12.1 Å². The minimum atomic E-state index is 0.0890. The molecule has 0 unspecified atom stereocenters. The van der Waals surface area contributed by atoms with Gasteiger partial charge in [-0.3, -0.25) is 9.21 Å². The molecule has 1 aliphatic carbocycles. The Kier molecular flexibility index (Phi) is 4.52. The molecule has 0 aromatic heterocycles. The topological polar surface area (TPSA) is 32.8 Å². The second-order valence-electron chi connectivity index (χ2n) is 6.35. The van der Waals surface area contributed by atoms with Crippen molar-refractivity contribution < 1.29 is 9.53 Å². The van der Waals surface area contributed by atoms with E-state index in [2.05, 4.69) is 6.07 Å². The van der Waals surface area contributed by atoms with Gasteiger partial charge in [0.05, 0.1) is 16.7 Å². The standard InChI is InChI=1S/C17H24N2O2S/c1-12(2)21-14-9-10-16-15(11-14)18(3)17(20)19(22-16)13-7-5-4-6-8-13/h9-13H,4-8H2,1-3H3. The maximum absolute atomic E-state index is 12.7. The summed E-state index contributed by atoms with van der Waals surface area (Å²) in [5.74, 6) is 0.820. The lowest BCUT2D eigenvalue weighted by atomic mass is 9.95. The van der Waals surface area contributed by atoms with Gasteiger partial charge in [-0.25, -0.2) is 4.79 Å². The molecule has 2 amide bonds. The first-order chi connectivity index (χ1) is 10.6. The maximum Gasteiger partial charge on any atom is 0.334 e. The molecule has 120 valence electrons. The van der Waals surface area contributed by atoms with Crippen LogP contribution < -0.4 is 9.64 Å². The van der Waals surface area contributed by atoms with Gasteiger partial charge < -0.3 is 4.74 Å². The molecular weight excluding hydrogens is 296 g/mol. The number of carbonyl (C=O) groups is 1. The predicted molar refractivity (Wildman–Crippen MR) is 90.6 cm³/mol. The molecule has 1 aliphatic heterocycles. The third-order valence-electron chi connectivity index (χ3n) is 4.24. The number of anilines is 1. The SMILES string of the molecule is CC(C)Oc1ccc2c(c1)N(C)C(=O)N(C1CCCCC1)S2. The second kappa shape index (κ2) is 6.41. The zero-order valence-corrected chi connectivity index (χ0v) is 14.4. The van der Waals surface area contributed by atoms with Crippen LogP contribution in [-0.4, -0.2) is 29.5 Å². The lowest BCUT2D eigenvalue weighted by Crippen LogP contribution is -2.46.